The van der Waals surface area contributed by atoms with E-state index in [0.29, 0.717) is 11.6 Å². The minimum Gasteiger partial charge on any atom is -0.394 e. The number of hydrogen-bond donors (Lipinski definition) is 4. The van der Waals surface area contributed by atoms with Crippen molar-refractivity contribution in [1.29, 1.82) is 0 Å². The van der Waals surface area contributed by atoms with Crippen molar-refractivity contribution in [2.24, 2.45) is 0 Å². The summed E-state index contributed by atoms with van der Waals surface area (Å²) in [5.41, 5.74) is 5.50. The van der Waals surface area contributed by atoms with Crippen molar-refractivity contribution in [3.05, 3.63) is 41.2 Å². The second kappa shape index (κ2) is 5.54. The molecule has 2 aromatic heterocycles. The third kappa shape index (κ3) is 2.35. The summed E-state index contributed by atoms with van der Waals surface area (Å²) >= 11 is 0. The quantitative estimate of drug-likeness (QED) is 0.579. The molecule has 0 spiro atoms. The number of aromatic nitrogens is 3. The number of rotatable bonds is 4. The van der Waals surface area contributed by atoms with Gasteiger partial charge in [0.05, 0.1) is 35.1 Å². The lowest BCUT2D eigenvalue weighted by atomic mass is 10.1. The van der Waals surface area contributed by atoms with Gasteiger partial charge in [0.2, 0.25) is 0 Å². The highest BCUT2D eigenvalue weighted by molar-refractivity contribution is 6.01. The predicted molar refractivity (Wildman–Crippen MR) is 98.0 cm³/mol. The monoisotopic (exact) mass is 349 g/mol. The number of aliphatic hydroxyl groups is 1. The zero-order valence-corrected chi connectivity index (χ0v) is 14.3. The molecular weight excluding hydrogens is 330 g/mol. The van der Waals surface area contributed by atoms with E-state index < -0.39 is 0 Å². The number of hydrogen-bond acceptors (Lipinski definition) is 5. The maximum atomic E-state index is 12.1. The number of H-pyrrole nitrogens is 1. The van der Waals surface area contributed by atoms with Crippen LogP contribution in [-0.4, -0.2) is 38.6 Å². The van der Waals surface area contributed by atoms with E-state index >= 15 is 0 Å². The van der Waals surface area contributed by atoms with Crippen molar-refractivity contribution in [3.63, 3.8) is 0 Å². The highest BCUT2D eigenvalue weighted by atomic mass is 16.3. The third-order valence-electron chi connectivity index (χ3n) is 5.01. The fourth-order valence-corrected chi connectivity index (χ4v) is 3.46. The Bertz CT molecular complexity index is 1040. The number of aryl methyl sites for hydroxylation is 1. The number of carbonyl (C=O) groups is 1. The summed E-state index contributed by atoms with van der Waals surface area (Å²) in [6, 6.07) is 7.79. The molecule has 1 aliphatic carbocycles. The topological polar surface area (TPSA) is 103 Å². The van der Waals surface area contributed by atoms with Crippen LogP contribution in [0.3, 0.4) is 0 Å². The van der Waals surface area contributed by atoms with Crippen LogP contribution in [0.2, 0.25) is 0 Å². The second-order valence-electron chi connectivity index (χ2n) is 6.97. The molecule has 0 unspecified atom stereocenters. The van der Waals surface area contributed by atoms with E-state index in [2.05, 4.69) is 15.6 Å². The van der Waals surface area contributed by atoms with Crippen molar-refractivity contribution >= 4 is 22.8 Å². The first-order valence-electron chi connectivity index (χ1n) is 8.83. The van der Waals surface area contributed by atoms with Crippen LogP contribution in [0.4, 0.5) is 5.82 Å². The van der Waals surface area contributed by atoms with Gasteiger partial charge in [-0.3, -0.25) is 4.79 Å². The molecule has 0 radical (unpaired) electrons. The molecule has 1 fully saturated rings. The largest absolute Gasteiger partial charge is 0.394 e. The predicted octanol–water partition coefficient (Wildman–Crippen LogP) is 2.28. The lowest BCUT2D eigenvalue weighted by Crippen LogP contribution is -2.22. The fraction of sp³-hybridized carbons (Fsp3) is 0.316. The third-order valence-corrected chi connectivity index (χ3v) is 5.01. The van der Waals surface area contributed by atoms with E-state index in [1.54, 1.807) is 0 Å². The Morgan fingerprint density at radius 2 is 2.12 bits per heavy atom. The molecule has 1 atom stereocenters. The van der Waals surface area contributed by atoms with Gasteiger partial charge in [0.25, 0.3) is 5.91 Å². The number of nitrogens with one attached hydrogen (secondary N) is 3. The van der Waals surface area contributed by atoms with Crippen molar-refractivity contribution in [3.8, 4) is 11.3 Å². The summed E-state index contributed by atoms with van der Waals surface area (Å²) < 4.78 is 0. The molecule has 132 valence electrons. The number of anilines is 1. The SMILES string of the molecule is Cc1nc2cccc(-c3cc4c([nH]3)[C@@H](CO)NC4=O)c2nc1NC1CC1. The fourth-order valence-electron chi connectivity index (χ4n) is 3.46. The number of benzene rings is 1. The first kappa shape index (κ1) is 15.3. The number of nitrogens with zero attached hydrogens (tertiary/aromatic N) is 2. The van der Waals surface area contributed by atoms with Gasteiger partial charge in [-0.1, -0.05) is 12.1 Å². The Labute approximate surface area is 149 Å². The minimum atomic E-state index is -0.387. The molecule has 7 heteroatoms. The number of amides is 1. The van der Waals surface area contributed by atoms with E-state index in [1.165, 1.54) is 12.8 Å². The summed E-state index contributed by atoms with van der Waals surface area (Å²) in [6.07, 6.45) is 2.34. The molecule has 1 saturated carbocycles. The van der Waals surface area contributed by atoms with Crippen molar-refractivity contribution in [2.45, 2.75) is 31.8 Å². The van der Waals surface area contributed by atoms with Gasteiger partial charge in [-0.15, -0.1) is 0 Å². The van der Waals surface area contributed by atoms with Crippen LogP contribution >= 0.6 is 0 Å². The van der Waals surface area contributed by atoms with Crippen LogP contribution in [0.5, 0.6) is 0 Å². The van der Waals surface area contributed by atoms with Crippen LogP contribution in [0.1, 0.15) is 40.6 Å². The lowest BCUT2D eigenvalue weighted by Gasteiger charge is -2.11. The van der Waals surface area contributed by atoms with Crippen LogP contribution < -0.4 is 10.6 Å². The molecule has 1 aromatic carbocycles. The highest BCUT2D eigenvalue weighted by Gasteiger charge is 2.31. The van der Waals surface area contributed by atoms with Crippen LogP contribution in [0.25, 0.3) is 22.3 Å². The summed E-state index contributed by atoms with van der Waals surface area (Å²) in [6.45, 7) is 1.83. The van der Waals surface area contributed by atoms with E-state index in [0.717, 1.165) is 39.5 Å². The van der Waals surface area contributed by atoms with E-state index in [-0.39, 0.29) is 18.6 Å². The van der Waals surface area contributed by atoms with Crippen molar-refractivity contribution in [2.75, 3.05) is 11.9 Å². The maximum Gasteiger partial charge on any atom is 0.253 e. The van der Waals surface area contributed by atoms with E-state index in [1.807, 2.05) is 31.2 Å². The molecule has 5 rings (SSSR count). The van der Waals surface area contributed by atoms with E-state index in [4.69, 9.17) is 9.97 Å². The second-order valence-corrected chi connectivity index (χ2v) is 6.97. The Hall–Kier alpha value is -2.93. The molecule has 26 heavy (non-hydrogen) atoms. The molecule has 0 saturated heterocycles. The summed E-state index contributed by atoms with van der Waals surface area (Å²) in [5.74, 6) is 0.650. The zero-order valence-electron chi connectivity index (χ0n) is 14.3. The van der Waals surface area contributed by atoms with Gasteiger partial charge in [0, 0.05) is 17.3 Å². The normalized spacial score (nSPS) is 18.8. The summed E-state index contributed by atoms with van der Waals surface area (Å²) in [5, 5.41) is 15.7. The molecule has 7 nitrogen and oxygen atoms in total. The zero-order chi connectivity index (χ0) is 17.8. The van der Waals surface area contributed by atoms with Gasteiger partial charge in [-0.25, -0.2) is 9.97 Å². The number of para-hydroxylation sites is 1. The molecule has 3 aromatic rings. The number of aromatic amines is 1. The average Bonchev–Trinajstić information content (AvgIpc) is 3.25. The van der Waals surface area contributed by atoms with Crippen LogP contribution in [0, 0.1) is 6.92 Å². The number of fused-ring (bicyclic) bond motifs is 2. The van der Waals surface area contributed by atoms with Gasteiger partial charge in [0.1, 0.15) is 11.3 Å². The highest BCUT2D eigenvalue weighted by Crippen LogP contribution is 2.34. The van der Waals surface area contributed by atoms with Gasteiger partial charge in [-0.2, -0.15) is 0 Å². The van der Waals surface area contributed by atoms with Crippen molar-refractivity contribution < 1.29 is 9.90 Å². The van der Waals surface area contributed by atoms with Gasteiger partial charge in [-0.05, 0) is 31.9 Å². The summed E-state index contributed by atoms with van der Waals surface area (Å²) in [7, 11) is 0. The number of aliphatic hydroxyl groups excluding tert-OH is 1. The van der Waals surface area contributed by atoms with Gasteiger partial charge in [0.15, 0.2) is 0 Å². The Kier molecular flexibility index (Phi) is 3.27. The molecule has 0 bridgehead atoms. The number of carbonyl (C=O) groups excluding carboxylic acids is 1. The van der Waals surface area contributed by atoms with Gasteiger partial charge < -0.3 is 20.7 Å². The molecule has 1 aliphatic heterocycles. The molecular formula is C19H19N5O2. The molecule has 4 N–H and O–H groups in total. The molecule has 2 aliphatic rings. The lowest BCUT2D eigenvalue weighted by molar-refractivity contribution is 0.0942. The standard InChI is InChI=1S/C19H19N5O2/c1-9-18(21-10-5-6-10)24-16-11(3-2-4-13(16)20-9)14-7-12-17(22-14)15(8-25)23-19(12)26/h2-4,7,10,15,22,25H,5-6,8H2,1H3,(H,21,24)(H,23,26)/t15-/m1/s1. The van der Waals surface area contributed by atoms with Crippen LogP contribution in [0.15, 0.2) is 24.3 Å². The smallest absolute Gasteiger partial charge is 0.253 e. The first-order chi connectivity index (χ1) is 12.6. The van der Waals surface area contributed by atoms with Crippen LogP contribution in [-0.2, 0) is 0 Å². The molecule has 1 amide bonds. The van der Waals surface area contributed by atoms with Crippen molar-refractivity contribution in [1.82, 2.24) is 20.3 Å². The average molecular weight is 349 g/mol. The summed E-state index contributed by atoms with van der Waals surface area (Å²) in [4.78, 5) is 24.9. The Morgan fingerprint density at radius 3 is 2.88 bits per heavy atom. The first-order valence-corrected chi connectivity index (χ1v) is 8.83. The Balaban J connectivity index is 1.65. The minimum absolute atomic E-state index is 0.136. The van der Waals surface area contributed by atoms with E-state index in [9.17, 15) is 9.90 Å². The Morgan fingerprint density at radius 1 is 1.27 bits per heavy atom. The maximum absolute atomic E-state index is 12.1. The van der Waals surface area contributed by atoms with Gasteiger partial charge >= 0.3 is 0 Å². The molecule has 3 heterocycles.